The lowest BCUT2D eigenvalue weighted by atomic mass is 10.2. The summed E-state index contributed by atoms with van der Waals surface area (Å²) in [6.45, 7) is 1.66. The fourth-order valence-corrected chi connectivity index (χ4v) is 1.66. The van der Waals surface area contributed by atoms with E-state index in [9.17, 15) is 13.6 Å². The normalized spacial score (nSPS) is 10.6. The lowest BCUT2D eigenvalue weighted by Gasteiger charge is -2.09. The molecule has 0 radical (unpaired) electrons. The maximum absolute atomic E-state index is 12.7. The summed E-state index contributed by atoms with van der Waals surface area (Å²) in [5.41, 5.74) is -0.973. The third kappa shape index (κ3) is 2.68. The molecule has 0 aliphatic rings. The van der Waals surface area contributed by atoms with E-state index in [2.05, 4.69) is 25.7 Å². The van der Waals surface area contributed by atoms with Crippen molar-refractivity contribution in [1.29, 1.82) is 0 Å². The molecule has 1 heterocycles. The SMILES string of the molecule is CCOC(=O)c1ncc(Cl)c(Br)c1C(F)F. The van der Waals surface area contributed by atoms with Gasteiger partial charge in [0.2, 0.25) is 0 Å². The van der Waals surface area contributed by atoms with Crippen molar-refractivity contribution in [3.63, 3.8) is 0 Å². The van der Waals surface area contributed by atoms with Crippen molar-refractivity contribution in [3.05, 3.63) is 26.9 Å². The van der Waals surface area contributed by atoms with Crippen LogP contribution in [0.3, 0.4) is 0 Å². The molecule has 88 valence electrons. The van der Waals surface area contributed by atoms with Crippen molar-refractivity contribution >= 4 is 33.5 Å². The molecule has 0 saturated carbocycles. The molecule has 0 atom stereocenters. The van der Waals surface area contributed by atoms with E-state index in [1.165, 1.54) is 0 Å². The van der Waals surface area contributed by atoms with Gasteiger partial charge in [0.1, 0.15) is 0 Å². The zero-order chi connectivity index (χ0) is 12.3. The Labute approximate surface area is 104 Å². The Morgan fingerprint density at radius 1 is 1.69 bits per heavy atom. The van der Waals surface area contributed by atoms with Crippen LogP contribution in [-0.4, -0.2) is 17.6 Å². The summed E-state index contributed by atoms with van der Waals surface area (Å²) in [4.78, 5) is 14.9. The first kappa shape index (κ1) is 13.3. The number of halogens is 4. The summed E-state index contributed by atoms with van der Waals surface area (Å²) in [5, 5.41) is 0.0170. The van der Waals surface area contributed by atoms with Gasteiger partial charge in [-0.1, -0.05) is 11.6 Å². The van der Waals surface area contributed by atoms with Crippen LogP contribution in [0.4, 0.5) is 8.78 Å². The van der Waals surface area contributed by atoms with Gasteiger partial charge in [0.05, 0.1) is 17.2 Å². The molecular formula is C9H7BrClF2NO2. The summed E-state index contributed by atoms with van der Waals surface area (Å²) in [6, 6.07) is 0. The molecule has 16 heavy (non-hydrogen) atoms. The van der Waals surface area contributed by atoms with Crippen molar-refractivity contribution in [2.24, 2.45) is 0 Å². The van der Waals surface area contributed by atoms with Crippen molar-refractivity contribution in [3.8, 4) is 0 Å². The Morgan fingerprint density at radius 3 is 2.81 bits per heavy atom. The summed E-state index contributed by atoms with van der Waals surface area (Å²) in [7, 11) is 0. The molecule has 1 rings (SSSR count). The maximum atomic E-state index is 12.7. The third-order valence-electron chi connectivity index (χ3n) is 1.70. The molecule has 0 aromatic carbocycles. The molecule has 1 aromatic rings. The summed E-state index contributed by atoms with van der Waals surface area (Å²) >= 11 is 8.51. The molecule has 0 bridgehead atoms. The van der Waals surface area contributed by atoms with E-state index in [-0.39, 0.29) is 16.1 Å². The van der Waals surface area contributed by atoms with Crippen LogP contribution in [0.25, 0.3) is 0 Å². The third-order valence-corrected chi connectivity index (χ3v) is 3.06. The van der Waals surface area contributed by atoms with Gasteiger partial charge in [0, 0.05) is 10.7 Å². The highest BCUT2D eigenvalue weighted by Gasteiger charge is 2.25. The van der Waals surface area contributed by atoms with Crippen molar-refractivity contribution in [2.75, 3.05) is 6.61 Å². The molecule has 7 heteroatoms. The molecule has 0 spiro atoms. The van der Waals surface area contributed by atoms with Gasteiger partial charge in [-0.2, -0.15) is 0 Å². The van der Waals surface area contributed by atoms with Gasteiger partial charge in [-0.05, 0) is 22.9 Å². The molecule has 0 aliphatic heterocycles. The van der Waals surface area contributed by atoms with Gasteiger partial charge < -0.3 is 4.74 Å². The van der Waals surface area contributed by atoms with Crippen LogP contribution in [0.5, 0.6) is 0 Å². The van der Waals surface area contributed by atoms with Crippen molar-refractivity contribution in [2.45, 2.75) is 13.3 Å². The average molecular weight is 315 g/mol. The first-order valence-corrected chi connectivity index (χ1v) is 5.45. The van der Waals surface area contributed by atoms with E-state index in [0.29, 0.717) is 0 Å². The number of nitrogens with zero attached hydrogens (tertiary/aromatic N) is 1. The molecule has 0 N–H and O–H groups in total. The molecule has 1 aromatic heterocycles. The topological polar surface area (TPSA) is 39.2 Å². The van der Waals surface area contributed by atoms with Gasteiger partial charge in [-0.25, -0.2) is 18.6 Å². The monoisotopic (exact) mass is 313 g/mol. The van der Waals surface area contributed by atoms with Gasteiger partial charge in [0.15, 0.2) is 5.69 Å². The van der Waals surface area contributed by atoms with E-state index < -0.39 is 23.7 Å². The lowest BCUT2D eigenvalue weighted by molar-refractivity contribution is 0.0507. The molecule has 3 nitrogen and oxygen atoms in total. The number of carbonyl (C=O) groups is 1. The maximum Gasteiger partial charge on any atom is 0.357 e. The number of ether oxygens (including phenoxy) is 1. The van der Waals surface area contributed by atoms with Crippen LogP contribution in [0.15, 0.2) is 10.7 Å². The van der Waals surface area contributed by atoms with E-state index in [1.807, 2.05) is 0 Å². The summed E-state index contributed by atoms with van der Waals surface area (Å²) in [5.74, 6) is -0.893. The van der Waals surface area contributed by atoms with Crippen LogP contribution in [-0.2, 0) is 4.74 Å². The highest BCUT2D eigenvalue weighted by Crippen LogP contribution is 2.34. The van der Waals surface area contributed by atoms with Gasteiger partial charge in [-0.3, -0.25) is 0 Å². The number of pyridine rings is 1. The fraction of sp³-hybridized carbons (Fsp3) is 0.333. The summed E-state index contributed by atoms with van der Waals surface area (Å²) < 4.78 is 30.0. The predicted molar refractivity (Wildman–Crippen MR) is 57.9 cm³/mol. The number of esters is 1. The number of alkyl halides is 2. The number of aromatic nitrogens is 1. The Bertz CT molecular complexity index is 415. The number of hydrogen-bond acceptors (Lipinski definition) is 3. The average Bonchev–Trinajstić information content (AvgIpc) is 2.21. The van der Waals surface area contributed by atoms with Crippen LogP contribution in [0, 0.1) is 0 Å². The molecule has 0 saturated heterocycles. The second-order valence-electron chi connectivity index (χ2n) is 2.70. The Hall–Kier alpha value is -0.750. The Kier molecular flexibility index (Phi) is 4.61. The van der Waals surface area contributed by atoms with Gasteiger partial charge in [-0.15, -0.1) is 0 Å². The second kappa shape index (κ2) is 5.54. The minimum absolute atomic E-state index is 0.0170. The van der Waals surface area contributed by atoms with Crippen molar-refractivity contribution in [1.82, 2.24) is 4.98 Å². The molecule has 0 unspecified atom stereocenters. The second-order valence-corrected chi connectivity index (χ2v) is 3.90. The van der Waals surface area contributed by atoms with E-state index in [1.54, 1.807) is 6.92 Å². The molecule has 0 amide bonds. The smallest absolute Gasteiger partial charge is 0.357 e. The van der Waals surface area contributed by atoms with Crippen LogP contribution >= 0.6 is 27.5 Å². The van der Waals surface area contributed by atoms with E-state index in [0.717, 1.165) is 6.20 Å². The lowest BCUT2D eigenvalue weighted by Crippen LogP contribution is -2.11. The first-order chi connectivity index (χ1) is 7.49. The first-order valence-electron chi connectivity index (χ1n) is 4.28. The van der Waals surface area contributed by atoms with E-state index >= 15 is 0 Å². The van der Waals surface area contributed by atoms with Crippen LogP contribution in [0.1, 0.15) is 29.4 Å². The molecule has 0 aliphatic carbocycles. The predicted octanol–water partition coefficient (Wildman–Crippen LogP) is 3.61. The summed E-state index contributed by atoms with van der Waals surface area (Å²) in [6.07, 6.45) is -1.75. The quantitative estimate of drug-likeness (QED) is 0.800. The Morgan fingerprint density at radius 2 is 2.31 bits per heavy atom. The standard InChI is InChI=1S/C9H7BrClF2NO2/c1-2-16-9(15)7-5(8(12)13)6(10)4(11)3-14-7/h3,8H,2H2,1H3. The highest BCUT2D eigenvalue weighted by atomic mass is 79.9. The molecule has 0 fully saturated rings. The van der Waals surface area contributed by atoms with Crippen molar-refractivity contribution < 1.29 is 18.3 Å². The largest absolute Gasteiger partial charge is 0.461 e. The van der Waals surface area contributed by atoms with Gasteiger partial charge in [0.25, 0.3) is 6.43 Å². The molecular weight excluding hydrogens is 307 g/mol. The minimum Gasteiger partial charge on any atom is -0.461 e. The highest BCUT2D eigenvalue weighted by molar-refractivity contribution is 9.10. The Balaban J connectivity index is 3.28. The van der Waals surface area contributed by atoms with Crippen LogP contribution in [0.2, 0.25) is 5.02 Å². The minimum atomic E-state index is -2.86. The number of rotatable bonds is 3. The number of carbonyl (C=O) groups excluding carboxylic acids is 1. The van der Waals surface area contributed by atoms with Gasteiger partial charge >= 0.3 is 5.97 Å². The fourth-order valence-electron chi connectivity index (χ4n) is 1.04. The van der Waals surface area contributed by atoms with Crippen LogP contribution < -0.4 is 0 Å². The zero-order valence-electron chi connectivity index (χ0n) is 8.14. The zero-order valence-corrected chi connectivity index (χ0v) is 10.5. The number of hydrogen-bond donors (Lipinski definition) is 0. The van der Waals surface area contributed by atoms with E-state index in [4.69, 9.17) is 11.6 Å².